The second-order valence-electron chi connectivity index (χ2n) is 5.80. The summed E-state index contributed by atoms with van der Waals surface area (Å²) in [6.07, 6.45) is -3.35. The Kier molecular flexibility index (Phi) is 5.53. The zero-order valence-electron chi connectivity index (χ0n) is 14.3. The third kappa shape index (κ3) is 5.03. The maximum atomic E-state index is 12.9. The van der Waals surface area contributed by atoms with Gasteiger partial charge in [0, 0.05) is 18.3 Å². The Labute approximate surface area is 157 Å². The standard InChI is InChI=1S/C19H14F4N4O/c20-14-6-4-12(5-7-14)10-24-17-9-16(25-11-26-17)18(28)27-15-3-1-2-13(8-15)19(21,22)23/h1-9,11H,10H2,(H,27,28)(H,24,25,26). The molecule has 1 aromatic heterocycles. The van der Waals surface area contributed by atoms with Gasteiger partial charge in [0.25, 0.3) is 5.91 Å². The lowest BCUT2D eigenvalue weighted by Gasteiger charge is -2.10. The molecule has 0 radical (unpaired) electrons. The highest BCUT2D eigenvalue weighted by Gasteiger charge is 2.30. The molecule has 28 heavy (non-hydrogen) atoms. The largest absolute Gasteiger partial charge is 0.416 e. The van der Waals surface area contributed by atoms with Gasteiger partial charge in [0.15, 0.2) is 0 Å². The van der Waals surface area contributed by atoms with Crippen LogP contribution in [0.3, 0.4) is 0 Å². The first-order valence-electron chi connectivity index (χ1n) is 8.10. The minimum Gasteiger partial charge on any atom is -0.366 e. The summed E-state index contributed by atoms with van der Waals surface area (Å²) >= 11 is 0. The highest BCUT2D eigenvalue weighted by molar-refractivity contribution is 6.03. The number of nitrogens with zero attached hydrogens (tertiary/aromatic N) is 2. The van der Waals surface area contributed by atoms with Gasteiger partial charge in [0.2, 0.25) is 0 Å². The number of halogens is 4. The van der Waals surface area contributed by atoms with Crippen molar-refractivity contribution in [2.24, 2.45) is 0 Å². The molecule has 0 spiro atoms. The Morgan fingerprint density at radius 1 is 1.00 bits per heavy atom. The first kappa shape index (κ1) is 19.3. The average Bonchev–Trinajstić information content (AvgIpc) is 2.67. The molecule has 0 aliphatic rings. The van der Waals surface area contributed by atoms with E-state index in [1.807, 2.05) is 0 Å². The predicted molar refractivity (Wildman–Crippen MR) is 95.2 cm³/mol. The highest BCUT2D eigenvalue weighted by atomic mass is 19.4. The number of aromatic nitrogens is 2. The summed E-state index contributed by atoms with van der Waals surface area (Å²) in [6, 6.07) is 11.5. The summed E-state index contributed by atoms with van der Waals surface area (Å²) in [6.45, 7) is 0.339. The van der Waals surface area contributed by atoms with Gasteiger partial charge >= 0.3 is 6.18 Å². The van der Waals surface area contributed by atoms with Gasteiger partial charge in [-0.2, -0.15) is 13.2 Å². The average molecular weight is 390 g/mol. The molecule has 9 heteroatoms. The van der Waals surface area contributed by atoms with Crippen molar-refractivity contribution in [3.63, 3.8) is 0 Å². The van der Waals surface area contributed by atoms with Gasteiger partial charge in [-0.25, -0.2) is 14.4 Å². The second-order valence-corrected chi connectivity index (χ2v) is 5.80. The number of carbonyl (C=O) groups excluding carboxylic acids is 1. The number of carbonyl (C=O) groups is 1. The van der Waals surface area contributed by atoms with Crippen LogP contribution in [0.1, 0.15) is 21.6 Å². The van der Waals surface area contributed by atoms with Crippen LogP contribution in [0.15, 0.2) is 60.9 Å². The normalized spacial score (nSPS) is 11.1. The van der Waals surface area contributed by atoms with E-state index in [0.717, 1.165) is 24.0 Å². The van der Waals surface area contributed by atoms with Crippen molar-refractivity contribution in [2.75, 3.05) is 10.6 Å². The summed E-state index contributed by atoms with van der Waals surface area (Å²) in [5, 5.41) is 5.35. The number of nitrogens with one attached hydrogen (secondary N) is 2. The van der Waals surface area contributed by atoms with Crippen LogP contribution in [0.4, 0.5) is 29.1 Å². The maximum absolute atomic E-state index is 12.9. The van der Waals surface area contributed by atoms with Crippen molar-refractivity contribution < 1.29 is 22.4 Å². The van der Waals surface area contributed by atoms with Gasteiger partial charge in [0.05, 0.1) is 5.56 Å². The number of rotatable bonds is 5. The molecule has 0 atom stereocenters. The number of anilines is 2. The minimum absolute atomic E-state index is 0.000686. The molecular weight excluding hydrogens is 376 g/mol. The number of amides is 1. The van der Waals surface area contributed by atoms with Crippen molar-refractivity contribution in [2.45, 2.75) is 12.7 Å². The lowest BCUT2D eigenvalue weighted by atomic mass is 10.2. The smallest absolute Gasteiger partial charge is 0.366 e. The zero-order chi connectivity index (χ0) is 20.1. The lowest BCUT2D eigenvalue weighted by Crippen LogP contribution is -2.15. The number of alkyl halides is 3. The van der Waals surface area contributed by atoms with E-state index in [1.165, 1.54) is 30.3 Å². The molecule has 3 rings (SSSR count). The van der Waals surface area contributed by atoms with E-state index in [-0.39, 0.29) is 17.2 Å². The maximum Gasteiger partial charge on any atom is 0.416 e. The molecule has 5 nitrogen and oxygen atoms in total. The zero-order valence-corrected chi connectivity index (χ0v) is 14.3. The molecule has 0 saturated carbocycles. The molecule has 2 N–H and O–H groups in total. The molecule has 2 aromatic carbocycles. The second kappa shape index (κ2) is 8.03. The van der Waals surface area contributed by atoms with Crippen molar-refractivity contribution >= 4 is 17.4 Å². The first-order chi connectivity index (χ1) is 13.3. The van der Waals surface area contributed by atoms with Crippen LogP contribution in [-0.2, 0) is 12.7 Å². The fraction of sp³-hybridized carbons (Fsp3) is 0.105. The van der Waals surface area contributed by atoms with Crippen LogP contribution in [0, 0.1) is 5.82 Å². The summed E-state index contributed by atoms with van der Waals surface area (Å²) in [5.74, 6) is -0.681. The van der Waals surface area contributed by atoms with Crippen LogP contribution in [0.25, 0.3) is 0 Å². The summed E-state index contributed by atoms with van der Waals surface area (Å²) in [4.78, 5) is 20.1. The molecular formula is C19H14F4N4O. The lowest BCUT2D eigenvalue weighted by molar-refractivity contribution is -0.137. The van der Waals surface area contributed by atoms with Crippen molar-refractivity contribution in [3.05, 3.63) is 83.6 Å². The molecule has 3 aromatic rings. The van der Waals surface area contributed by atoms with Gasteiger partial charge in [-0.1, -0.05) is 18.2 Å². The monoisotopic (exact) mass is 390 g/mol. The number of hydrogen-bond acceptors (Lipinski definition) is 4. The van der Waals surface area contributed by atoms with Crippen LogP contribution in [-0.4, -0.2) is 15.9 Å². The van der Waals surface area contributed by atoms with Gasteiger partial charge < -0.3 is 10.6 Å². The topological polar surface area (TPSA) is 66.9 Å². The van der Waals surface area contributed by atoms with Gasteiger partial charge in [-0.15, -0.1) is 0 Å². The van der Waals surface area contributed by atoms with E-state index in [9.17, 15) is 22.4 Å². The van der Waals surface area contributed by atoms with E-state index in [2.05, 4.69) is 20.6 Å². The molecule has 0 saturated heterocycles. The summed E-state index contributed by atoms with van der Waals surface area (Å²) in [5.41, 5.74) is -0.0853. The Morgan fingerprint density at radius 2 is 1.75 bits per heavy atom. The summed E-state index contributed by atoms with van der Waals surface area (Å²) < 4.78 is 51.2. The Balaban J connectivity index is 1.67. The molecule has 144 valence electrons. The molecule has 0 bridgehead atoms. The van der Waals surface area contributed by atoms with Crippen molar-refractivity contribution in [3.8, 4) is 0 Å². The predicted octanol–water partition coefficient (Wildman–Crippen LogP) is 4.50. The Morgan fingerprint density at radius 3 is 2.46 bits per heavy atom. The SMILES string of the molecule is O=C(Nc1cccc(C(F)(F)F)c1)c1cc(NCc2ccc(F)cc2)ncn1. The molecule has 0 fully saturated rings. The van der Waals surface area contributed by atoms with E-state index >= 15 is 0 Å². The van der Waals surface area contributed by atoms with Crippen LogP contribution in [0.5, 0.6) is 0 Å². The van der Waals surface area contributed by atoms with Crippen LogP contribution < -0.4 is 10.6 Å². The summed E-state index contributed by atoms with van der Waals surface area (Å²) in [7, 11) is 0. The highest BCUT2D eigenvalue weighted by Crippen LogP contribution is 2.30. The van der Waals surface area contributed by atoms with Crippen LogP contribution in [0.2, 0.25) is 0 Å². The molecule has 1 amide bonds. The number of benzene rings is 2. The molecule has 0 aliphatic heterocycles. The third-order valence-corrected chi connectivity index (χ3v) is 3.73. The molecule has 0 unspecified atom stereocenters. The van der Waals surface area contributed by atoms with Gasteiger partial charge in [-0.05, 0) is 35.9 Å². The molecule has 1 heterocycles. The molecule has 0 aliphatic carbocycles. The van der Waals surface area contributed by atoms with Crippen LogP contribution >= 0.6 is 0 Å². The first-order valence-corrected chi connectivity index (χ1v) is 8.10. The number of hydrogen-bond donors (Lipinski definition) is 2. The van der Waals surface area contributed by atoms with E-state index in [0.29, 0.717) is 12.4 Å². The van der Waals surface area contributed by atoms with Crippen molar-refractivity contribution in [1.29, 1.82) is 0 Å². The van der Waals surface area contributed by atoms with Crippen molar-refractivity contribution in [1.82, 2.24) is 9.97 Å². The quantitative estimate of drug-likeness (QED) is 0.630. The van der Waals surface area contributed by atoms with Gasteiger partial charge in [-0.3, -0.25) is 4.79 Å². The Bertz CT molecular complexity index is 974. The van der Waals surface area contributed by atoms with E-state index in [1.54, 1.807) is 12.1 Å². The Hall–Kier alpha value is -3.49. The third-order valence-electron chi connectivity index (χ3n) is 3.73. The fourth-order valence-corrected chi connectivity index (χ4v) is 2.34. The van der Waals surface area contributed by atoms with Gasteiger partial charge in [0.1, 0.15) is 23.7 Å². The van der Waals surface area contributed by atoms with E-state index in [4.69, 9.17) is 0 Å². The minimum atomic E-state index is -4.51. The fourth-order valence-electron chi connectivity index (χ4n) is 2.34. The van der Waals surface area contributed by atoms with E-state index < -0.39 is 17.6 Å².